The zero-order valence-corrected chi connectivity index (χ0v) is 10.3. The fourth-order valence-corrected chi connectivity index (χ4v) is 0.702. The Kier molecular flexibility index (Phi) is 6.68. The van der Waals surface area contributed by atoms with Crippen LogP contribution in [-0.2, 0) is 14.6 Å². The van der Waals surface area contributed by atoms with Gasteiger partial charge in [-0.2, -0.15) is 8.42 Å². The van der Waals surface area contributed by atoms with Crippen molar-refractivity contribution < 1.29 is 45.6 Å². The summed E-state index contributed by atoms with van der Waals surface area (Å²) in [6.45, 7) is 0.530. The van der Waals surface area contributed by atoms with Crippen LogP contribution in [0, 0.1) is 0 Å². The van der Waals surface area contributed by atoms with Gasteiger partial charge in [0.25, 0.3) is 0 Å². The molecule has 0 amide bonds. The molecule has 0 fully saturated rings. The van der Waals surface area contributed by atoms with E-state index in [1.807, 2.05) is 21.1 Å². The second-order valence-electron chi connectivity index (χ2n) is 3.26. The van der Waals surface area contributed by atoms with Crippen LogP contribution in [0.25, 0.3) is 0 Å². The van der Waals surface area contributed by atoms with E-state index in [0.29, 0.717) is 11.0 Å². The molecule has 0 rings (SSSR count). The molecule has 76 valence electrons. The zero-order valence-electron chi connectivity index (χ0n) is 7.32. The van der Waals surface area contributed by atoms with E-state index < -0.39 is 10.4 Å². The Morgan fingerprint density at radius 1 is 1.33 bits per heavy atom. The standard InChI is InChI=1S/C5H13NO4S.HI/c1-6(2,3)4-5-10-11(7,8)9;/h4-5H2,1-3H3;1H. The number of rotatable bonds is 4. The van der Waals surface area contributed by atoms with Crippen molar-refractivity contribution in [3.05, 3.63) is 0 Å². The SMILES string of the molecule is C[N+](C)(C)CCOS(=O)(=O)O.[I-]. The van der Waals surface area contributed by atoms with Gasteiger partial charge in [0.2, 0.25) is 0 Å². The first-order valence-electron chi connectivity index (χ1n) is 3.13. The number of hydrogen-bond acceptors (Lipinski definition) is 3. The molecule has 0 spiro atoms. The van der Waals surface area contributed by atoms with Gasteiger partial charge in [-0.05, 0) is 0 Å². The molecule has 5 nitrogen and oxygen atoms in total. The Bertz CT molecular complexity index is 208. The highest BCUT2D eigenvalue weighted by Crippen LogP contribution is 1.92. The third-order valence-corrected chi connectivity index (χ3v) is 1.46. The molecule has 0 radical (unpaired) electrons. The number of hydrogen-bond donors (Lipinski definition) is 1. The van der Waals surface area contributed by atoms with Crippen LogP contribution in [-0.4, -0.2) is 51.7 Å². The highest BCUT2D eigenvalue weighted by molar-refractivity contribution is 7.80. The van der Waals surface area contributed by atoms with E-state index in [2.05, 4.69) is 4.18 Å². The van der Waals surface area contributed by atoms with Crippen molar-refractivity contribution in [2.75, 3.05) is 34.3 Å². The predicted molar refractivity (Wildman–Crippen MR) is 40.4 cm³/mol. The summed E-state index contributed by atoms with van der Waals surface area (Å²) >= 11 is 0. The second-order valence-corrected chi connectivity index (χ2v) is 4.35. The van der Waals surface area contributed by atoms with Gasteiger partial charge in [0, 0.05) is 0 Å². The van der Waals surface area contributed by atoms with Crippen LogP contribution >= 0.6 is 0 Å². The van der Waals surface area contributed by atoms with E-state index in [0.717, 1.165) is 0 Å². The third-order valence-electron chi connectivity index (χ3n) is 0.994. The molecule has 12 heavy (non-hydrogen) atoms. The van der Waals surface area contributed by atoms with Crippen molar-refractivity contribution in [2.45, 2.75) is 0 Å². The highest BCUT2D eigenvalue weighted by Gasteiger charge is 2.10. The minimum absolute atomic E-state index is 0. The summed E-state index contributed by atoms with van der Waals surface area (Å²) in [4.78, 5) is 0. The summed E-state index contributed by atoms with van der Waals surface area (Å²) in [6, 6.07) is 0. The lowest BCUT2D eigenvalue weighted by Gasteiger charge is -2.22. The van der Waals surface area contributed by atoms with Crippen molar-refractivity contribution in [3.63, 3.8) is 0 Å². The largest absolute Gasteiger partial charge is 1.00 e. The summed E-state index contributed by atoms with van der Waals surface area (Å²) in [5, 5.41) is 0. The molecule has 0 aromatic heterocycles. The van der Waals surface area contributed by atoms with E-state index in [-0.39, 0.29) is 30.6 Å². The van der Waals surface area contributed by atoms with Crippen LogP contribution in [0.15, 0.2) is 0 Å². The summed E-state index contributed by atoms with van der Waals surface area (Å²) in [7, 11) is 1.43. The van der Waals surface area contributed by atoms with Crippen molar-refractivity contribution in [1.29, 1.82) is 0 Å². The summed E-state index contributed by atoms with van der Waals surface area (Å²) in [5.41, 5.74) is 0. The van der Waals surface area contributed by atoms with Crippen LogP contribution in [0.1, 0.15) is 0 Å². The lowest BCUT2D eigenvalue weighted by Crippen LogP contribution is -3.00. The molecule has 1 N–H and O–H groups in total. The number of quaternary nitrogens is 1. The molecule has 0 aliphatic rings. The van der Waals surface area contributed by atoms with Gasteiger partial charge in [0.05, 0.1) is 21.1 Å². The van der Waals surface area contributed by atoms with Crippen LogP contribution < -0.4 is 24.0 Å². The van der Waals surface area contributed by atoms with Crippen LogP contribution in [0.2, 0.25) is 0 Å². The maximum atomic E-state index is 10.0. The van der Waals surface area contributed by atoms with E-state index in [1.54, 1.807) is 0 Å². The fraction of sp³-hybridized carbons (Fsp3) is 1.00. The molecule has 0 bridgehead atoms. The molecule has 0 saturated carbocycles. The molecule has 0 aliphatic heterocycles. The Balaban J connectivity index is 0. The minimum Gasteiger partial charge on any atom is -1.00 e. The number of nitrogens with zero attached hydrogens (tertiary/aromatic N) is 1. The molecule has 0 aliphatic carbocycles. The maximum Gasteiger partial charge on any atom is 0.397 e. The quantitative estimate of drug-likeness (QED) is 0.333. The molecule has 0 aromatic carbocycles. The van der Waals surface area contributed by atoms with Gasteiger partial charge in [-0.15, -0.1) is 0 Å². The van der Waals surface area contributed by atoms with Crippen LogP contribution in [0.4, 0.5) is 0 Å². The van der Waals surface area contributed by atoms with Gasteiger partial charge in [-0.25, -0.2) is 4.18 Å². The zero-order chi connectivity index (χ0) is 9.12. The smallest absolute Gasteiger partial charge is 0.397 e. The van der Waals surface area contributed by atoms with Crippen LogP contribution in [0.5, 0.6) is 0 Å². The van der Waals surface area contributed by atoms with Gasteiger partial charge in [-0.3, -0.25) is 4.55 Å². The van der Waals surface area contributed by atoms with Gasteiger partial charge in [-0.1, -0.05) is 0 Å². The first-order chi connectivity index (χ1) is 4.71. The van der Waals surface area contributed by atoms with Crippen LogP contribution in [0.3, 0.4) is 0 Å². The highest BCUT2D eigenvalue weighted by atomic mass is 127. The summed E-state index contributed by atoms with van der Waals surface area (Å²) in [5.74, 6) is 0. The first-order valence-corrected chi connectivity index (χ1v) is 4.49. The van der Waals surface area contributed by atoms with Gasteiger partial charge in [0.1, 0.15) is 13.2 Å². The second kappa shape index (κ2) is 5.32. The molecule has 0 saturated heterocycles. The monoisotopic (exact) mass is 311 g/mol. The van der Waals surface area contributed by atoms with E-state index >= 15 is 0 Å². The molecule has 0 aromatic rings. The lowest BCUT2D eigenvalue weighted by atomic mass is 10.5. The first kappa shape index (κ1) is 15.1. The normalized spacial score (nSPS) is 12.3. The summed E-state index contributed by atoms with van der Waals surface area (Å²) < 4.78 is 33.0. The molecule has 7 heteroatoms. The molecule has 0 heterocycles. The predicted octanol–water partition coefficient (Wildman–Crippen LogP) is -3.48. The Morgan fingerprint density at radius 3 is 2.00 bits per heavy atom. The Morgan fingerprint density at radius 2 is 1.75 bits per heavy atom. The molecule has 0 unspecified atom stereocenters. The number of likely N-dealkylation sites (N-methyl/N-ethyl adjacent to an activating group) is 1. The number of halogens is 1. The van der Waals surface area contributed by atoms with E-state index in [4.69, 9.17) is 4.55 Å². The summed E-state index contributed by atoms with van der Waals surface area (Å²) in [6.07, 6.45) is 0. The lowest BCUT2D eigenvalue weighted by molar-refractivity contribution is -0.870. The molecule has 0 atom stereocenters. The molecular formula is C5H14INO4S. The fourth-order valence-electron chi connectivity index (χ4n) is 0.416. The third kappa shape index (κ3) is 13.2. The maximum absolute atomic E-state index is 10.0. The van der Waals surface area contributed by atoms with Crippen molar-refractivity contribution in [3.8, 4) is 0 Å². The van der Waals surface area contributed by atoms with Gasteiger partial charge < -0.3 is 28.5 Å². The van der Waals surface area contributed by atoms with E-state index in [1.165, 1.54) is 0 Å². The van der Waals surface area contributed by atoms with Crippen molar-refractivity contribution in [2.24, 2.45) is 0 Å². The average Bonchev–Trinajstić information content (AvgIpc) is 1.55. The van der Waals surface area contributed by atoms with Crippen molar-refractivity contribution >= 4 is 10.4 Å². The average molecular weight is 311 g/mol. The topological polar surface area (TPSA) is 63.6 Å². The Labute approximate surface area is 90.3 Å². The van der Waals surface area contributed by atoms with E-state index in [9.17, 15) is 8.42 Å². The molecular weight excluding hydrogens is 297 g/mol. The van der Waals surface area contributed by atoms with Crippen molar-refractivity contribution in [1.82, 2.24) is 0 Å². The minimum atomic E-state index is -4.26. The Hall–Kier alpha value is 0.560. The van der Waals surface area contributed by atoms with Gasteiger partial charge in [0.15, 0.2) is 0 Å². The van der Waals surface area contributed by atoms with Gasteiger partial charge >= 0.3 is 10.4 Å².